The molecule has 31 heavy (non-hydrogen) atoms. The van der Waals surface area contributed by atoms with E-state index in [1.165, 1.54) is 0 Å². The van der Waals surface area contributed by atoms with Crippen molar-refractivity contribution >= 4 is 29.1 Å². The molecule has 0 aromatic heterocycles. The Labute approximate surface area is 180 Å². The van der Waals surface area contributed by atoms with Crippen molar-refractivity contribution in [3.63, 3.8) is 0 Å². The van der Waals surface area contributed by atoms with Crippen molar-refractivity contribution in [2.45, 2.75) is 13.0 Å². The van der Waals surface area contributed by atoms with Crippen LogP contribution in [0.4, 0.5) is 11.4 Å². The highest BCUT2D eigenvalue weighted by Gasteiger charge is 2.12. The number of carbonyl (C=O) groups is 3. The normalized spacial score (nSPS) is 11.3. The monoisotopic (exact) mass is 416 g/mol. The van der Waals surface area contributed by atoms with E-state index in [4.69, 9.17) is 5.73 Å². The molecule has 3 aromatic carbocycles. The van der Waals surface area contributed by atoms with Crippen LogP contribution in [0.15, 0.2) is 78.9 Å². The van der Waals surface area contributed by atoms with Crippen molar-refractivity contribution in [2.24, 2.45) is 5.73 Å². The third kappa shape index (κ3) is 6.17. The lowest BCUT2D eigenvalue weighted by Crippen LogP contribution is -2.27. The lowest BCUT2D eigenvalue weighted by atomic mass is 10.1. The first-order valence-corrected chi connectivity index (χ1v) is 9.82. The van der Waals surface area contributed by atoms with E-state index in [0.717, 1.165) is 5.56 Å². The highest BCUT2D eigenvalue weighted by molar-refractivity contribution is 5.98. The van der Waals surface area contributed by atoms with Crippen molar-refractivity contribution in [3.8, 4) is 0 Å². The summed E-state index contributed by atoms with van der Waals surface area (Å²) in [6.45, 7) is 1.90. The Morgan fingerprint density at radius 1 is 0.839 bits per heavy atom. The fraction of sp³-hybridized carbons (Fsp3) is 0.125. The predicted octanol–water partition coefficient (Wildman–Crippen LogP) is 3.33. The zero-order valence-corrected chi connectivity index (χ0v) is 17.1. The van der Waals surface area contributed by atoms with Crippen molar-refractivity contribution in [2.75, 3.05) is 17.2 Å². The van der Waals surface area contributed by atoms with Gasteiger partial charge in [-0.05, 0) is 48.9 Å². The predicted molar refractivity (Wildman–Crippen MR) is 121 cm³/mol. The van der Waals surface area contributed by atoms with E-state index in [0.29, 0.717) is 22.5 Å². The van der Waals surface area contributed by atoms with E-state index < -0.39 is 5.91 Å². The number of carbonyl (C=O) groups excluding carboxylic acids is 3. The number of hydrogen-bond acceptors (Lipinski definition) is 4. The molecule has 0 saturated heterocycles. The number of nitrogens with one attached hydrogen (secondary N) is 3. The molecule has 7 heteroatoms. The maximum absolute atomic E-state index is 12.6. The third-order valence-electron chi connectivity index (χ3n) is 4.66. The van der Waals surface area contributed by atoms with Crippen LogP contribution in [0.3, 0.4) is 0 Å². The number of rotatable bonds is 8. The molecule has 0 aliphatic heterocycles. The van der Waals surface area contributed by atoms with Gasteiger partial charge < -0.3 is 21.7 Å². The lowest BCUT2D eigenvalue weighted by molar-refractivity contribution is -0.114. The van der Waals surface area contributed by atoms with E-state index in [2.05, 4.69) is 16.0 Å². The molecule has 1 atom stereocenters. The molecule has 158 valence electrons. The second-order valence-corrected chi connectivity index (χ2v) is 7.03. The average Bonchev–Trinajstić information content (AvgIpc) is 2.78. The number of benzene rings is 3. The van der Waals surface area contributed by atoms with Gasteiger partial charge in [-0.25, -0.2) is 0 Å². The van der Waals surface area contributed by atoms with Crippen LogP contribution >= 0.6 is 0 Å². The first-order chi connectivity index (χ1) is 14.9. The van der Waals surface area contributed by atoms with Gasteiger partial charge in [-0.2, -0.15) is 0 Å². The minimum atomic E-state index is -0.537. The van der Waals surface area contributed by atoms with E-state index >= 15 is 0 Å². The fourth-order valence-electron chi connectivity index (χ4n) is 3.01. The van der Waals surface area contributed by atoms with Gasteiger partial charge >= 0.3 is 0 Å². The molecule has 3 aromatic rings. The van der Waals surface area contributed by atoms with Gasteiger partial charge in [0.1, 0.15) is 0 Å². The zero-order valence-electron chi connectivity index (χ0n) is 17.1. The number of nitrogens with two attached hydrogens (primary N) is 1. The molecule has 0 bridgehead atoms. The molecule has 0 radical (unpaired) electrons. The lowest BCUT2D eigenvalue weighted by Gasteiger charge is -2.15. The Bertz CT molecular complexity index is 1080. The van der Waals surface area contributed by atoms with Crippen molar-refractivity contribution < 1.29 is 14.4 Å². The van der Waals surface area contributed by atoms with E-state index in [9.17, 15) is 14.4 Å². The Morgan fingerprint density at radius 2 is 1.48 bits per heavy atom. The molecule has 0 saturated carbocycles. The molecule has 3 rings (SSSR count). The quantitative estimate of drug-likeness (QED) is 0.451. The summed E-state index contributed by atoms with van der Waals surface area (Å²) < 4.78 is 0. The molecule has 7 nitrogen and oxygen atoms in total. The van der Waals surface area contributed by atoms with Crippen LogP contribution in [-0.4, -0.2) is 24.3 Å². The third-order valence-corrected chi connectivity index (χ3v) is 4.66. The summed E-state index contributed by atoms with van der Waals surface area (Å²) in [6, 6.07) is 22.9. The molecule has 5 N–H and O–H groups in total. The molecule has 0 aliphatic rings. The summed E-state index contributed by atoms with van der Waals surface area (Å²) in [5.74, 6) is -1.06. The van der Waals surface area contributed by atoms with E-state index in [1.807, 2.05) is 37.3 Å². The first kappa shape index (κ1) is 21.6. The zero-order chi connectivity index (χ0) is 22.2. The van der Waals surface area contributed by atoms with Crippen LogP contribution in [0.1, 0.15) is 39.2 Å². The van der Waals surface area contributed by atoms with Crippen LogP contribution in [0.25, 0.3) is 0 Å². The number of anilines is 2. The minimum absolute atomic E-state index is 0.0102. The van der Waals surface area contributed by atoms with Gasteiger partial charge in [-0.1, -0.05) is 42.5 Å². The molecule has 0 spiro atoms. The molecule has 0 heterocycles. The van der Waals surface area contributed by atoms with Crippen LogP contribution in [0.5, 0.6) is 0 Å². The Balaban J connectivity index is 1.57. The summed E-state index contributed by atoms with van der Waals surface area (Å²) in [4.78, 5) is 36.1. The summed E-state index contributed by atoms with van der Waals surface area (Å²) in [6.07, 6.45) is 0. The average molecular weight is 416 g/mol. The van der Waals surface area contributed by atoms with Crippen molar-refractivity contribution in [1.82, 2.24) is 5.32 Å². The van der Waals surface area contributed by atoms with Gasteiger partial charge in [0.25, 0.3) is 5.91 Å². The standard InChI is InChI=1S/C24H24N4O3/c1-16(17-7-3-2-4-8-17)27-24(31)19-10-6-12-21(14-19)28-22(29)15-26-20-11-5-9-18(13-20)23(25)30/h2-14,16,26H,15H2,1H3,(H2,25,30)(H,27,31)(H,28,29). The van der Waals surface area contributed by atoms with Gasteiger partial charge in [0, 0.05) is 22.5 Å². The van der Waals surface area contributed by atoms with Gasteiger partial charge in [0.05, 0.1) is 12.6 Å². The minimum Gasteiger partial charge on any atom is -0.376 e. The molecule has 3 amide bonds. The summed E-state index contributed by atoms with van der Waals surface area (Å²) in [7, 11) is 0. The summed E-state index contributed by atoms with van der Waals surface area (Å²) in [5, 5.41) is 8.65. The second-order valence-electron chi connectivity index (χ2n) is 7.03. The topological polar surface area (TPSA) is 113 Å². The second kappa shape index (κ2) is 10.1. The van der Waals surface area contributed by atoms with Crippen LogP contribution in [-0.2, 0) is 4.79 Å². The largest absolute Gasteiger partial charge is 0.376 e. The highest BCUT2D eigenvalue weighted by atomic mass is 16.2. The van der Waals surface area contributed by atoms with Gasteiger partial charge in [-0.3, -0.25) is 14.4 Å². The molecule has 0 fully saturated rings. The molecular weight excluding hydrogens is 392 g/mol. The van der Waals surface area contributed by atoms with Gasteiger partial charge in [-0.15, -0.1) is 0 Å². The van der Waals surface area contributed by atoms with E-state index in [-0.39, 0.29) is 24.4 Å². The SMILES string of the molecule is CC(NC(=O)c1cccc(NC(=O)CNc2cccc(C(N)=O)c2)c1)c1ccccc1. The Hall–Kier alpha value is -4.13. The van der Waals surface area contributed by atoms with Crippen molar-refractivity contribution in [3.05, 3.63) is 95.6 Å². The maximum Gasteiger partial charge on any atom is 0.251 e. The molecule has 1 unspecified atom stereocenters. The van der Waals surface area contributed by atoms with Crippen molar-refractivity contribution in [1.29, 1.82) is 0 Å². The number of primary amides is 1. The fourth-order valence-corrected chi connectivity index (χ4v) is 3.01. The Morgan fingerprint density at radius 3 is 2.19 bits per heavy atom. The van der Waals surface area contributed by atoms with Gasteiger partial charge in [0.2, 0.25) is 11.8 Å². The van der Waals surface area contributed by atoms with Crippen LogP contribution in [0, 0.1) is 0 Å². The van der Waals surface area contributed by atoms with Crippen LogP contribution < -0.4 is 21.7 Å². The molecular formula is C24H24N4O3. The number of amides is 3. The first-order valence-electron chi connectivity index (χ1n) is 9.82. The highest BCUT2D eigenvalue weighted by Crippen LogP contribution is 2.15. The summed E-state index contributed by atoms with van der Waals surface area (Å²) >= 11 is 0. The van der Waals surface area contributed by atoms with Gasteiger partial charge in [0.15, 0.2) is 0 Å². The summed E-state index contributed by atoms with van der Waals surface area (Å²) in [5.41, 5.74) is 8.19. The Kier molecular flexibility index (Phi) is 7.01. The maximum atomic E-state index is 12.6. The number of hydrogen-bond donors (Lipinski definition) is 4. The smallest absolute Gasteiger partial charge is 0.251 e. The van der Waals surface area contributed by atoms with Crippen LogP contribution in [0.2, 0.25) is 0 Å². The molecule has 0 aliphatic carbocycles. The van der Waals surface area contributed by atoms with E-state index in [1.54, 1.807) is 48.5 Å².